The van der Waals surface area contributed by atoms with Crippen molar-refractivity contribution >= 4 is 11.6 Å². The van der Waals surface area contributed by atoms with Crippen LogP contribution >= 0.6 is 0 Å². The average molecular weight is 390 g/mol. The lowest BCUT2D eigenvalue weighted by Crippen LogP contribution is -2.34. The van der Waals surface area contributed by atoms with Gasteiger partial charge in [0.05, 0.1) is 0 Å². The fourth-order valence-electron chi connectivity index (χ4n) is 3.67. The molecule has 1 aromatic carbocycles. The van der Waals surface area contributed by atoms with E-state index < -0.39 is 6.61 Å². The number of anilines is 1. The highest BCUT2D eigenvalue weighted by molar-refractivity contribution is 5.94. The molecule has 28 heavy (non-hydrogen) atoms. The Morgan fingerprint density at radius 1 is 0.750 bits per heavy atom. The van der Waals surface area contributed by atoms with Gasteiger partial charge in [-0.2, -0.15) is 0 Å². The molecule has 0 atom stereocenters. The molecule has 0 heterocycles. The van der Waals surface area contributed by atoms with Crippen molar-refractivity contribution in [2.75, 3.05) is 18.1 Å². The van der Waals surface area contributed by atoms with Crippen LogP contribution in [0.25, 0.3) is 0 Å². The normalized spacial score (nSPS) is 11.0. The Bertz CT molecular complexity index is 498. The summed E-state index contributed by atoms with van der Waals surface area (Å²) in [7, 11) is 0. The molecule has 0 bridgehead atoms. The molecule has 0 aliphatic heterocycles. The van der Waals surface area contributed by atoms with Crippen LogP contribution in [0.3, 0.4) is 0 Å². The van der Waals surface area contributed by atoms with Crippen molar-refractivity contribution < 1.29 is 9.90 Å². The number of aryl methyl sites for hydroxylation is 1. The second-order valence-corrected chi connectivity index (χ2v) is 8.14. The topological polar surface area (TPSA) is 40.5 Å². The molecule has 1 N–H and O–H groups in total. The van der Waals surface area contributed by atoms with Gasteiger partial charge in [0, 0.05) is 12.2 Å². The van der Waals surface area contributed by atoms with Crippen LogP contribution in [-0.2, 0) is 4.79 Å². The minimum atomic E-state index is -0.424. The van der Waals surface area contributed by atoms with Gasteiger partial charge in [-0.05, 0) is 25.5 Å². The molecule has 3 nitrogen and oxygen atoms in total. The van der Waals surface area contributed by atoms with Crippen molar-refractivity contribution in [1.82, 2.24) is 0 Å². The SMILES string of the molecule is CCCCCCCCCCCCCCCCN(C(=O)CO)c1ccc(C)cc1. The number of hydrogen-bond acceptors (Lipinski definition) is 2. The molecule has 0 aliphatic rings. The van der Waals surface area contributed by atoms with E-state index >= 15 is 0 Å². The molecule has 160 valence electrons. The Balaban J connectivity index is 2.04. The molecule has 0 saturated heterocycles. The van der Waals surface area contributed by atoms with Crippen LogP contribution in [0.2, 0.25) is 0 Å². The molecule has 0 radical (unpaired) electrons. The molecule has 0 saturated carbocycles. The summed E-state index contributed by atoms with van der Waals surface area (Å²) in [5.74, 6) is -0.210. The van der Waals surface area contributed by atoms with E-state index in [1.807, 2.05) is 31.2 Å². The first-order valence-corrected chi connectivity index (χ1v) is 11.7. The smallest absolute Gasteiger partial charge is 0.252 e. The molecule has 1 amide bonds. The first-order chi connectivity index (χ1) is 13.7. The lowest BCUT2D eigenvalue weighted by Gasteiger charge is -2.22. The zero-order valence-electron chi connectivity index (χ0n) is 18.4. The monoisotopic (exact) mass is 389 g/mol. The van der Waals surface area contributed by atoms with Gasteiger partial charge in [0.25, 0.3) is 5.91 Å². The third-order valence-electron chi connectivity index (χ3n) is 5.52. The summed E-state index contributed by atoms with van der Waals surface area (Å²) in [5.41, 5.74) is 2.07. The van der Waals surface area contributed by atoms with E-state index in [9.17, 15) is 9.90 Å². The van der Waals surface area contributed by atoms with Crippen LogP contribution < -0.4 is 4.90 Å². The minimum Gasteiger partial charge on any atom is -0.387 e. The van der Waals surface area contributed by atoms with Crippen LogP contribution in [0, 0.1) is 6.92 Å². The largest absolute Gasteiger partial charge is 0.387 e. The van der Waals surface area contributed by atoms with E-state index in [2.05, 4.69) is 6.92 Å². The molecular formula is C25H43NO2. The number of benzene rings is 1. The number of nitrogens with zero attached hydrogens (tertiary/aromatic N) is 1. The van der Waals surface area contributed by atoms with Crippen molar-refractivity contribution in [3.8, 4) is 0 Å². The van der Waals surface area contributed by atoms with Crippen LogP contribution in [0.1, 0.15) is 102 Å². The summed E-state index contributed by atoms with van der Waals surface area (Å²) in [4.78, 5) is 13.8. The molecular weight excluding hydrogens is 346 g/mol. The molecule has 0 fully saturated rings. The number of aliphatic hydroxyl groups excluding tert-OH is 1. The number of hydrogen-bond donors (Lipinski definition) is 1. The Morgan fingerprint density at radius 2 is 1.18 bits per heavy atom. The summed E-state index contributed by atoms with van der Waals surface area (Å²) >= 11 is 0. The number of unbranched alkanes of at least 4 members (excludes halogenated alkanes) is 13. The molecule has 3 heteroatoms. The highest BCUT2D eigenvalue weighted by Gasteiger charge is 2.13. The van der Waals surface area contributed by atoms with Gasteiger partial charge < -0.3 is 10.0 Å². The van der Waals surface area contributed by atoms with E-state index in [0.29, 0.717) is 6.54 Å². The van der Waals surface area contributed by atoms with Gasteiger partial charge in [-0.3, -0.25) is 4.79 Å². The zero-order chi connectivity index (χ0) is 20.5. The van der Waals surface area contributed by atoms with Crippen molar-refractivity contribution in [3.05, 3.63) is 29.8 Å². The number of carbonyl (C=O) groups excluding carboxylic acids is 1. The van der Waals surface area contributed by atoms with Crippen LogP contribution in [-0.4, -0.2) is 24.2 Å². The number of amides is 1. The fourth-order valence-corrected chi connectivity index (χ4v) is 3.67. The Kier molecular flexibility index (Phi) is 14.6. The first kappa shape index (κ1) is 24.7. The van der Waals surface area contributed by atoms with E-state index in [1.54, 1.807) is 4.90 Å². The lowest BCUT2D eigenvalue weighted by atomic mass is 10.0. The van der Waals surface area contributed by atoms with Crippen LogP contribution in [0.5, 0.6) is 0 Å². The predicted octanol–water partition coefficient (Wildman–Crippen LogP) is 6.80. The summed E-state index contributed by atoms with van der Waals surface area (Å²) in [6.07, 6.45) is 18.6. The second-order valence-electron chi connectivity index (χ2n) is 8.14. The minimum absolute atomic E-state index is 0.210. The highest BCUT2D eigenvalue weighted by atomic mass is 16.3. The summed E-state index contributed by atoms with van der Waals surface area (Å²) in [6.45, 7) is 4.58. The van der Waals surface area contributed by atoms with Gasteiger partial charge in [0.15, 0.2) is 0 Å². The summed E-state index contributed by atoms with van der Waals surface area (Å²) in [5, 5.41) is 9.25. The Morgan fingerprint density at radius 3 is 1.61 bits per heavy atom. The number of aliphatic hydroxyl groups is 1. The van der Waals surface area contributed by atoms with E-state index in [1.165, 1.54) is 82.6 Å². The molecule has 0 aromatic heterocycles. The van der Waals surface area contributed by atoms with Gasteiger partial charge in [-0.15, -0.1) is 0 Å². The Labute approximate surface area is 173 Å². The molecule has 0 unspecified atom stereocenters. The van der Waals surface area contributed by atoms with Gasteiger partial charge in [-0.1, -0.05) is 108 Å². The van der Waals surface area contributed by atoms with E-state index in [-0.39, 0.29) is 5.91 Å². The van der Waals surface area contributed by atoms with Crippen molar-refractivity contribution in [1.29, 1.82) is 0 Å². The maximum absolute atomic E-state index is 12.0. The third kappa shape index (κ3) is 11.5. The van der Waals surface area contributed by atoms with Crippen LogP contribution in [0.4, 0.5) is 5.69 Å². The fraction of sp³-hybridized carbons (Fsp3) is 0.720. The molecule has 0 spiro atoms. The number of carbonyl (C=O) groups is 1. The zero-order valence-corrected chi connectivity index (χ0v) is 18.4. The molecule has 1 aromatic rings. The van der Waals surface area contributed by atoms with Gasteiger partial charge in [0.1, 0.15) is 6.61 Å². The van der Waals surface area contributed by atoms with Gasteiger partial charge in [0.2, 0.25) is 0 Å². The Hall–Kier alpha value is -1.35. The first-order valence-electron chi connectivity index (χ1n) is 11.7. The van der Waals surface area contributed by atoms with Crippen molar-refractivity contribution in [2.24, 2.45) is 0 Å². The van der Waals surface area contributed by atoms with E-state index in [0.717, 1.165) is 18.5 Å². The van der Waals surface area contributed by atoms with Gasteiger partial charge >= 0.3 is 0 Å². The molecule has 0 aliphatic carbocycles. The summed E-state index contributed by atoms with van der Waals surface area (Å²) in [6, 6.07) is 7.95. The van der Waals surface area contributed by atoms with Crippen LogP contribution in [0.15, 0.2) is 24.3 Å². The number of rotatable bonds is 17. The third-order valence-corrected chi connectivity index (χ3v) is 5.52. The van der Waals surface area contributed by atoms with Gasteiger partial charge in [-0.25, -0.2) is 0 Å². The average Bonchev–Trinajstić information content (AvgIpc) is 2.71. The molecule has 1 rings (SSSR count). The standard InChI is InChI=1S/C25H43NO2/c1-3-4-5-6-7-8-9-10-11-12-13-14-15-16-21-26(25(28)22-27)24-19-17-23(2)18-20-24/h17-20,27H,3-16,21-22H2,1-2H3. The maximum atomic E-state index is 12.0. The maximum Gasteiger partial charge on any atom is 0.252 e. The predicted molar refractivity (Wildman–Crippen MR) is 121 cm³/mol. The highest BCUT2D eigenvalue weighted by Crippen LogP contribution is 2.17. The quantitative estimate of drug-likeness (QED) is 0.298. The van der Waals surface area contributed by atoms with Crippen molar-refractivity contribution in [3.63, 3.8) is 0 Å². The van der Waals surface area contributed by atoms with Crippen molar-refractivity contribution in [2.45, 2.75) is 104 Å². The van der Waals surface area contributed by atoms with E-state index in [4.69, 9.17) is 0 Å². The summed E-state index contributed by atoms with van der Waals surface area (Å²) < 4.78 is 0. The lowest BCUT2D eigenvalue weighted by molar-refractivity contribution is -0.121. The second kappa shape index (κ2) is 16.6.